The second-order valence-corrected chi connectivity index (χ2v) is 2.53. The summed E-state index contributed by atoms with van der Waals surface area (Å²) in [7, 11) is 0. The van der Waals surface area contributed by atoms with Gasteiger partial charge >= 0.3 is 0 Å². The number of carbonyl (C=O) groups excluding carboxylic acids is 1. The van der Waals surface area contributed by atoms with Crippen LogP contribution >= 0.6 is 11.6 Å². The normalized spacial score (nSPS) is 9.64. The average Bonchev–Trinajstić information content (AvgIpc) is 1.94. The van der Waals surface area contributed by atoms with E-state index in [9.17, 15) is 4.79 Å². The standard InChI is InChI=1S/C7H7ClN2O/c1-4-2-3-5(7(9)11)10-6(4)8/h2-3H,1H3,(H2,9,11). The van der Waals surface area contributed by atoms with E-state index in [1.807, 2.05) is 0 Å². The molecule has 1 aromatic rings. The zero-order chi connectivity index (χ0) is 8.43. The van der Waals surface area contributed by atoms with Crippen molar-refractivity contribution in [2.75, 3.05) is 0 Å². The second-order valence-electron chi connectivity index (χ2n) is 2.17. The summed E-state index contributed by atoms with van der Waals surface area (Å²) >= 11 is 5.64. The lowest BCUT2D eigenvalue weighted by Crippen LogP contribution is -2.12. The van der Waals surface area contributed by atoms with Crippen molar-refractivity contribution < 1.29 is 4.79 Å². The lowest BCUT2D eigenvalue weighted by atomic mass is 10.3. The molecule has 0 aromatic carbocycles. The fraction of sp³-hybridized carbons (Fsp3) is 0.143. The van der Waals surface area contributed by atoms with Gasteiger partial charge in [0, 0.05) is 0 Å². The summed E-state index contributed by atoms with van der Waals surface area (Å²) in [6, 6.07) is 3.25. The first-order valence-corrected chi connectivity index (χ1v) is 3.42. The number of nitrogens with zero attached hydrogens (tertiary/aromatic N) is 1. The molecule has 0 aliphatic carbocycles. The highest BCUT2D eigenvalue weighted by atomic mass is 35.5. The fourth-order valence-electron chi connectivity index (χ4n) is 0.641. The predicted octanol–water partition coefficient (Wildman–Crippen LogP) is 1.14. The molecular weight excluding hydrogens is 164 g/mol. The van der Waals surface area contributed by atoms with Gasteiger partial charge in [-0.2, -0.15) is 0 Å². The molecule has 0 saturated heterocycles. The summed E-state index contributed by atoms with van der Waals surface area (Å²) in [6.45, 7) is 1.81. The van der Waals surface area contributed by atoms with Gasteiger partial charge in [0.1, 0.15) is 10.8 Å². The number of hydrogen-bond acceptors (Lipinski definition) is 2. The third-order valence-corrected chi connectivity index (χ3v) is 1.67. The lowest BCUT2D eigenvalue weighted by molar-refractivity contribution is 0.0995. The van der Waals surface area contributed by atoms with Gasteiger partial charge in [0.2, 0.25) is 0 Å². The minimum Gasteiger partial charge on any atom is -0.364 e. The molecule has 0 bridgehead atoms. The smallest absolute Gasteiger partial charge is 0.267 e. The molecule has 1 aromatic heterocycles. The Hall–Kier alpha value is -1.09. The molecule has 1 heterocycles. The molecular formula is C7H7ClN2O. The molecule has 1 amide bonds. The van der Waals surface area contributed by atoms with Gasteiger partial charge in [-0.1, -0.05) is 17.7 Å². The number of nitrogens with two attached hydrogens (primary N) is 1. The van der Waals surface area contributed by atoms with Gasteiger partial charge in [-0.3, -0.25) is 4.79 Å². The van der Waals surface area contributed by atoms with Crippen molar-refractivity contribution in [3.05, 3.63) is 28.5 Å². The Morgan fingerprint density at radius 3 is 2.73 bits per heavy atom. The predicted molar refractivity (Wildman–Crippen MR) is 42.5 cm³/mol. The van der Waals surface area contributed by atoms with Crippen LogP contribution in [-0.4, -0.2) is 10.9 Å². The average molecular weight is 171 g/mol. The Balaban J connectivity index is 3.15. The molecule has 0 spiro atoms. The Bertz CT molecular complexity index is 298. The van der Waals surface area contributed by atoms with Gasteiger partial charge in [-0.05, 0) is 18.6 Å². The first kappa shape index (κ1) is 8.01. The summed E-state index contributed by atoms with van der Waals surface area (Å²) in [6.07, 6.45) is 0. The SMILES string of the molecule is Cc1ccc(C(N)=O)nc1Cl. The maximum atomic E-state index is 10.6. The van der Waals surface area contributed by atoms with Crippen LogP contribution in [0.3, 0.4) is 0 Å². The Kier molecular flexibility index (Phi) is 2.10. The molecule has 0 saturated carbocycles. The third-order valence-electron chi connectivity index (χ3n) is 1.29. The van der Waals surface area contributed by atoms with E-state index in [0.717, 1.165) is 5.56 Å². The number of amides is 1. The highest BCUT2D eigenvalue weighted by Crippen LogP contribution is 2.11. The van der Waals surface area contributed by atoms with Crippen molar-refractivity contribution in [3.63, 3.8) is 0 Å². The maximum Gasteiger partial charge on any atom is 0.267 e. The largest absolute Gasteiger partial charge is 0.364 e. The van der Waals surface area contributed by atoms with E-state index in [0.29, 0.717) is 5.15 Å². The molecule has 0 fully saturated rings. The van der Waals surface area contributed by atoms with Gasteiger partial charge in [-0.25, -0.2) is 4.98 Å². The van der Waals surface area contributed by atoms with Crippen molar-refractivity contribution in [2.45, 2.75) is 6.92 Å². The maximum absolute atomic E-state index is 10.6. The minimum atomic E-state index is -0.563. The van der Waals surface area contributed by atoms with Crippen molar-refractivity contribution in [3.8, 4) is 0 Å². The van der Waals surface area contributed by atoms with E-state index in [1.165, 1.54) is 0 Å². The molecule has 11 heavy (non-hydrogen) atoms. The molecule has 3 nitrogen and oxygen atoms in total. The van der Waals surface area contributed by atoms with Crippen molar-refractivity contribution in [1.29, 1.82) is 0 Å². The number of hydrogen-bond donors (Lipinski definition) is 1. The number of aryl methyl sites for hydroxylation is 1. The summed E-state index contributed by atoms with van der Waals surface area (Å²) in [5.41, 5.74) is 6.00. The van der Waals surface area contributed by atoms with Crippen molar-refractivity contribution in [2.24, 2.45) is 5.73 Å². The molecule has 0 aliphatic rings. The topological polar surface area (TPSA) is 56.0 Å². The van der Waals surface area contributed by atoms with Crippen LogP contribution in [0.25, 0.3) is 0 Å². The zero-order valence-corrected chi connectivity index (χ0v) is 6.72. The molecule has 0 unspecified atom stereocenters. The summed E-state index contributed by atoms with van der Waals surface area (Å²) in [4.78, 5) is 14.3. The molecule has 0 aliphatic heterocycles. The number of pyridine rings is 1. The van der Waals surface area contributed by atoms with E-state index in [1.54, 1.807) is 19.1 Å². The van der Waals surface area contributed by atoms with Crippen molar-refractivity contribution >= 4 is 17.5 Å². The minimum absolute atomic E-state index is 0.195. The molecule has 0 atom stereocenters. The number of primary amides is 1. The van der Waals surface area contributed by atoms with Crippen LogP contribution in [0.5, 0.6) is 0 Å². The Morgan fingerprint density at radius 2 is 2.27 bits per heavy atom. The van der Waals surface area contributed by atoms with Crippen LogP contribution in [0.1, 0.15) is 16.1 Å². The molecule has 58 valence electrons. The monoisotopic (exact) mass is 170 g/mol. The molecule has 2 N–H and O–H groups in total. The van der Waals surface area contributed by atoms with E-state index in [-0.39, 0.29) is 5.69 Å². The van der Waals surface area contributed by atoms with Crippen LogP contribution < -0.4 is 5.73 Å². The number of aromatic nitrogens is 1. The fourth-order valence-corrected chi connectivity index (χ4v) is 0.795. The van der Waals surface area contributed by atoms with E-state index >= 15 is 0 Å². The van der Waals surface area contributed by atoms with Crippen LogP contribution in [0.2, 0.25) is 5.15 Å². The molecule has 0 radical (unpaired) electrons. The van der Waals surface area contributed by atoms with Crippen molar-refractivity contribution in [1.82, 2.24) is 4.98 Å². The number of carbonyl (C=O) groups is 1. The van der Waals surface area contributed by atoms with Gasteiger partial charge < -0.3 is 5.73 Å². The summed E-state index contributed by atoms with van der Waals surface area (Å²) in [5, 5.41) is 0.321. The molecule has 4 heteroatoms. The van der Waals surface area contributed by atoms with Gasteiger partial charge in [0.15, 0.2) is 0 Å². The Labute approximate surface area is 69.2 Å². The van der Waals surface area contributed by atoms with E-state index in [2.05, 4.69) is 4.98 Å². The highest BCUT2D eigenvalue weighted by Gasteiger charge is 2.03. The van der Waals surface area contributed by atoms with Crippen LogP contribution in [0.15, 0.2) is 12.1 Å². The van der Waals surface area contributed by atoms with E-state index < -0.39 is 5.91 Å². The van der Waals surface area contributed by atoms with Crippen LogP contribution in [-0.2, 0) is 0 Å². The van der Waals surface area contributed by atoms with Gasteiger partial charge in [-0.15, -0.1) is 0 Å². The second kappa shape index (κ2) is 2.88. The third kappa shape index (κ3) is 1.68. The first-order valence-electron chi connectivity index (χ1n) is 3.04. The number of rotatable bonds is 1. The zero-order valence-electron chi connectivity index (χ0n) is 5.97. The summed E-state index contributed by atoms with van der Waals surface area (Å²) in [5.74, 6) is -0.563. The van der Waals surface area contributed by atoms with Crippen LogP contribution in [0.4, 0.5) is 0 Å². The van der Waals surface area contributed by atoms with Crippen LogP contribution in [0, 0.1) is 6.92 Å². The number of halogens is 1. The highest BCUT2D eigenvalue weighted by molar-refractivity contribution is 6.30. The van der Waals surface area contributed by atoms with Gasteiger partial charge in [0.05, 0.1) is 0 Å². The summed E-state index contributed by atoms with van der Waals surface area (Å²) < 4.78 is 0. The molecule has 1 rings (SSSR count). The van der Waals surface area contributed by atoms with Gasteiger partial charge in [0.25, 0.3) is 5.91 Å². The lowest BCUT2D eigenvalue weighted by Gasteiger charge is -1.97. The first-order chi connectivity index (χ1) is 5.11. The Morgan fingerprint density at radius 1 is 1.64 bits per heavy atom. The van der Waals surface area contributed by atoms with E-state index in [4.69, 9.17) is 17.3 Å². The quantitative estimate of drug-likeness (QED) is 0.643.